The highest BCUT2D eigenvalue weighted by Crippen LogP contribution is 2.21. The largest absolute Gasteiger partial charge is 0.465 e. The zero-order valence-corrected chi connectivity index (χ0v) is 16.6. The molecule has 2 heterocycles. The minimum absolute atomic E-state index is 0.0181. The summed E-state index contributed by atoms with van der Waals surface area (Å²) >= 11 is 0. The number of unbranched alkanes of at least 4 members (excludes halogenated alkanes) is 2. The van der Waals surface area contributed by atoms with Crippen LogP contribution in [0, 0.1) is 0 Å². The molecule has 2 rings (SSSR count). The molecular formula is C20H34N4O3. The molecule has 3 N–H and O–H groups in total. The SMILES string of the molecule is CCCCC(O)CNc1ccc(N2CCN(C(=O)O)C(CCCC)C2)nc1. The lowest BCUT2D eigenvalue weighted by Gasteiger charge is -2.40. The van der Waals surface area contributed by atoms with Crippen LogP contribution in [0.4, 0.5) is 16.3 Å². The van der Waals surface area contributed by atoms with Gasteiger partial charge >= 0.3 is 6.09 Å². The number of carboxylic acid groups (broad SMARTS) is 1. The lowest BCUT2D eigenvalue weighted by molar-refractivity contribution is 0.114. The third-order valence-corrected chi connectivity index (χ3v) is 5.12. The highest BCUT2D eigenvalue weighted by atomic mass is 16.4. The van der Waals surface area contributed by atoms with Crippen LogP contribution in [0.25, 0.3) is 0 Å². The summed E-state index contributed by atoms with van der Waals surface area (Å²) in [5.74, 6) is 0.874. The van der Waals surface area contributed by atoms with E-state index in [4.69, 9.17) is 0 Å². The lowest BCUT2D eigenvalue weighted by Crippen LogP contribution is -2.55. The molecule has 1 aliphatic heterocycles. The number of hydrogen-bond donors (Lipinski definition) is 3. The molecule has 7 nitrogen and oxygen atoms in total. The van der Waals surface area contributed by atoms with Gasteiger partial charge in [0.25, 0.3) is 0 Å². The first-order valence-electron chi connectivity index (χ1n) is 10.2. The fourth-order valence-corrected chi connectivity index (χ4v) is 3.46. The Hall–Kier alpha value is -2.02. The predicted molar refractivity (Wildman–Crippen MR) is 109 cm³/mol. The highest BCUT2D eigenvalue weighted by Gasteiger charge is 2.30. The van der Waals surface area contributed by atoms with Crippen molar-refractivity contribution < 1.29 is 15.0 Å². The second-order valence-corrected chi connectivity index (χ2v) is 7.30. The normalized spacial score (nSPS) is 18.4. The van der Waals surface area contributed by atoms with Gasteiger partial charge in [-0.15, -0.1) is 0 Å². The molecule has 152 valence electrons. The lowest BCUT2D eigenvalue weighted by atomic mass is 10.1. The number of carbonyl (C=O) groups is 1. The van der Waals surface area contributed by atoms with Crippen molar-refractivity contribution in [2.75, 3.05) is 36.4 Å². The van der Waals surface area contributed by atoms with E-state index < -0.39 is 6.09 Å². The van der Waals surface area contributed by atoms with Crippen molar-refractivity contribution in [1.29, 1.82) is 0 Å². The van der Waals surface area contributed by atoms with Gasteiger partial charge in [-0.1, -0.05) is 39.5 Å². The van der Waals surface area contributed by atoms with Crippen LogP contribution in [0.5, 0.6) is 0 Å². The van der Waals surface area contributed by atoms with Crippen LogP contribution in [0.15, 0.2) is 18.3 Å². The summed E-state index contributed by atoms with van der Waals surface area (Å²) in [6, 6.07) is 3.96. The van der Waals surface area contributed by atoms with E-state index in [9.17, 15) is 15.0 Å². The number of hydrogen-bond acceptors (Lipinski definition) is 5. The zero-order chi connectivity index (χ0) is 19.6. The predicted octanol–water partition coefficient (Wildman–Crippen LogP) is 3.40. The molecule has 2 unspecified atom stereocenters. The molecule has 1 aliphatic rings. The molecule has 27 heavy (non-hydrogen) atoms. The molecular weight excluding hydrogens is 344 g/mol. The van der Waals surface area contributed by atoms with Crippen molar-refractivity contribution in [3.63, 3.8) is 0 Å². The van der Waals surface area contributed by atoms with Gasteiger partial charge in [-0.05, 0) is 25.0 Å². The standard InChI is InChI=1S/C20H34N4O3/c1-3-5-7-17-15-23(11-12-24(17)20(26)27)19-10-9-16(13-22-19)21-14-18(25)8-6-4-2/h9-10,13,17-18,21,25H,3-8,11-12,14-15H2,1-2H3,(H,26,27). The van der Waals surface area contributed by atoms with E-state index in [-0.39, 0.29) is 12.1 Å². The van der Waals surface area contributed by atoms with E-state index >= 15 is 0 Å². The average molecular weight is 379 g/mol. The van der Waals surface area contributed by atoms with Crippen molar-refractivity contribution in [3.05, 3.63) is 18.3 Å². The maximum atomic E-state index is 11.5. The summed E-state index contributed by atoms with van der Waals surface area (Å²) in [5, 5.41) is 22.6. The van der Waals surface area contributed by atoms with E-state index in [2.05, 4.69) is 29.0 Å². The van der Waals surface area contributed by atoms with Crippen LogP contribution < -0.4 is 10.2 Å². The summed E-state index contributed by atoms with van der Waals surface area (Å²) in [5.41, 5.74) is 0.890. The number of piperazine rings is 1. The van der Waals surface area contributed by atoms with E-state index in [1.165, 1.54) is 0 Å². The van der Waals surface area contributed by atoms with E-state index in [1.54, 1.807) is 11.1 Å². The highest BCUT2D eigenvalue weighted by molar-refractivity contribution is 5.66. The van der Waals surface area contributed by atoms with Gasteiger partial charge in [-0.2, -0.15) is 0 Å². The molecule has 1 saturated heterocycles. The third-order valence-electron chi connectivity index (χ3n) is 5.12. The molecule has 7 heteroatoms. The Kier molecular flexibility index (Phi) is 8.64. The second-order valence-electron chi connectivity index (χ2n) is 7.30. The molecule has 0 spiro atoms. The number of amides is 1. The van der Waals surface area contributed by atoms with Crippen molar-refractivity contribution >= 4 is 17.6 Å². The number of aromatic nitrogens is 1. The van der Waals surface area contributed by atoms with Crippen molar-refractivity contribution in [3.8, 4) is 0 Å². The number of aliphatic hydroxyl groups excluding tert-OH is 1. The summed E-state index contributed by atoms with van der Waals surface area (Å²) in [7, 11) is 0. The van der Waals surface area contributed by atoms with Crippen molar-refractivity contribution in [2.24, 2.45) is 0 Å². The smallest absolute Gasteiger partial charge is 0.407 e. The van der Waals surface area contributed by atoms with Crippen LogP contribution >= 0.6 is 0 Å². The number of nitrogens with zero attached hydrogens (tertiary/aromatic N) is 3. The third kappa shape index (κ3) is 6.57. The maximum absolute atomic E-state index is 11.5. The summed E-state index contributed by atoms with van der Waals surface area (Å²) < 4.78 is 0. The van der Waals surface area contributed by atoms with Crippen LogP contribution in [0.3, 0.4) is 0 Å². The van der Waals surface area contributed by atoms with Crippen LogP contribution in [0.1, 0.15) is 52.4 Å². The first-order valence-corrected chi connectivity index (χ1v) is 10.2. The van der Waals surface area contributed by atoms with Gasteiger partial charge in [0, 0.05) is 26.2 Å². The average Bonchev–Trinajstić information content (AvgIpc) is 2.69. The summed E-state index contributed by atoms with van der Waals surface area (Å²) in [6.07, 6.45) is 6.51. The molecule has 1 aromatic rings. The minimum Gasteiger partial charge on any atom is -0.465 e. The Balaban J connectivity index is 1.91. The molecule has 0 saturated carbocycles. The van der Waals surface area contributed by atoms with Crippen LogP contribution in [-0.4, -0.2) is 64.5 Å². The topological polar surface area (TPSA) is 88.9 Å². The number of nitrogens with one attached hydrogen (secondary N) is 1. The molecule has 0 aromatic carbocycles. The minimum atomic E-state index is -0.829. The number of pyridine rings is 1. The molecule has 2 atom stereocenters. The molecule has 0 radical (unpaired) electrons. The first-order chi connectivity index (χ1) is 13.0. The Labute approximate surface area is 162 Å². The number of rotatable bonds is 10. The first kappa shape index (κ1) is 21.3. The van der Waals surface area contributed by atoms with Gasteiger partial charge in [0.2, 0.25) is 0 Å². The van der Waals surface area contributed by atoms with Crippen LogP contribution in [0.2, 0.25) is 0 Å². The van der Waals surface area contributed by atoms with Crippen molar-refractivity contribution in [1.82, 2.24) is 9.88 Å². The second kappa shape index (κ2) is 11.0. The van der Waals surface area contributed by atoms with E-state index in [0.717, 1.165) is 50.0 Å². The monoisotopic (exact) mass is 378 g/mol. The Bertz CT molecular complexity index is 567. The van der Waals surface area contributed by atoms with Crippen LogP contribution in [-0.2, 0) is 0 Å². The van der Waals surface area contributed by atoms with Gasteiger partial charge in [0.1, 0.15) is 5.82 Å². The fraction of sp³-hybridized carbons (Fsp3) is 0.700. The molecule has 0 bridgehead atoms. The Morgan fingerprint density at radius 2 is 2.07 bits per heavy atom. The number of aliphatic hydroxyl groups is 1. The fourth-order valence-electron chi connectivity index (χ4n) is 3.46. The molecule has 0 aliphatic carbocycles. The molecule has 1 aromatic heterocycles. The van der Waals surface area contributed by atoms with E-state index in [0.29, 0.717) is 26.2 Å². The van der Waals surface area contributed by atoms with Crippen molar-refractivity contribution in [2.45, 2.75) is 64.5 Å². The quantitative estimate of drug-likeness (QED) is 0.578. The number of anilines is 2. The summed E-state index contributed by atoms with van der Waals surface area (Å²) in [6.45, 7) is 6.61. The van der Waals surface area contributed by atoms with Gasteiger partial charge in [-0.25, -0.2) is 9.78 Å². The van der Waals surface area contributed by atoms with Gasteiger partial charge < -0.3 is 25.3 Å². The van der Waals surface area contributed by atoms with Gasteiger partial charge in [0.15, 0.2) is 0 Å². The summed E-state index contributed by atoms with van der Waals surface area (Å²) in [4.78, 5) is 19.7. The zero-order valence-electron chi connectivity index (χ0n) is 16.6. The molecule has 1 amide bonds. The van der Waals surface area contributed by atoms with Gasteiger partial charge in [0.05, 0.1) is 24.0 Å². The van der Waals surface area contributed by atoms with Gasteiger partial charge in [-0.3, -0.25) is 0 Å². The Morgan fingerprint density at radius 1 is 1.30 bits per heavy atom. The maximum Gasteiger partial charge on any atom is 0.407 e. The Morgan fingerprint density at radius 3 is 2.70 bits per heavy atom. The molecule has 1 fully saturated rings. The van der Waals surface area contributed by atoms with E-state index in [1.807, 2.05) is 12.1 Å².